The Morgan fingerprint density at radius 2 is 2.18 bits per heavy atom. The molecular weight excluding hydrogens is 325 g/mol. The van der Waals surface area contributed by atoms with Crippen LogP contribution in [0.25, 0.3) is 0 Å². The molecule has 2 aromatic rings. The number of amides is 1. The molecule has 0 aliphatic carbocycles. The lowest BCUT2D eigenvalue weighted by molar-refractivity contribution is -0.141. The number of thioether (sulfide) groups is 1. The van der Waals surface area contributed by atoms with E-state index < -0.39 is 23.3 Å². The molecule has 0 radical (unpaired) electrons. The molecule has 0 saturated heterocycles. The van der Waals surface area contributed by atoms with Crippen LogP contribution >= 0.6 is 11.8 Å². The Morgan fingerprint density at radius 1 is 1.45 bits per heavy atom. The molecule has 2 heterocycles. The molecule has 118 valence electrons. The van der Waals surface area contributed by atoms with Crippen LogP contribution in [-0.2, 0) is 11.0 Å². The minimum atomic E-state index is -4.73. The zero-order valence-corrected chi connectivity index (χ0v) is 11.8. The molecule has 0 aliphatic rings. The van der Waals surface area contributed by atoms with Crippen LogP contribution in [0.2, 0.25) is 0 Å². The second kappa shape index (κ2) is 6.22. The largest absolute Gasteiger partial charge is 0.433 e. The Balaban J connectivity index is 2.00. The molecule has 0 saturated carbocycles. The second-order valence-electron chi connectivity index (χ2n) is 4.09. The summed E-state index contributed by atoms with van der Waals surface area (Å²) in [6, 6.07) is 1.83. The van der Waals surface area contributed by atoms with Crippen molar-refractivity contribution in [2.75, 3.05) is 11.1 Å². The van der Waals surface area contributed by atoms with Gasteiger partial charge in [-0.25, -0.2) is 4.98 Å². The van der Waals surface area contributed by atoms with Crippen LogP contribution in [0, 0.1) is 6.92 Å². The van der Waals surface area contributed by atoms with Gasteiger partial charge in [-0.1, -0.05) is 16.9 Å². The van der Waals surface area contributed by atoms with Gasteiger partial charge in [0.25, 0.3) is 5.56 Å². The molecule has 22 heavy (non-hydrogen) atoms. The number of alkyl halides is 3. The van der Waals surface area contributed by atoms with Crippen molar-refractivity contribution in [1.82, 2.24) is 15.1 Å². The van der Waals surface area contributed by atoms with Gasteiger partial charge in [0.1, 0.15) is 5.76 Å². The lowest BCUT2D eigenvalue weighted by Crippen LogP contribution is -2.18. The van der Waals surface area contributed by atoms with E-state index in [-0.39, 0.29) is 16.7 Å². The third-order valence-electron chi connectivity index (χ3n) is 2.25. The zero-order chi connectivity index (χ0) is 16.3. The monoisotopic (exact) mass is 334 g/mol. The maximum Gasteiger partial charge on any atom is 0.433 e. The summed E-state index contributed by atoms with van der Waals surface area (Å²) in [5, 5.41) is 5.62. The Kier molecular flexibility index (Phi) is 4.54. The average Bonchev–Trinajstić information content (AvgIpc) is 2.80. The third-order valence-corrected chi connectivity index (χ3v) is 3.12. The third kappa shape index (κ3) is 4.35. The Morgan fingerprint density at radius 3 is 2.77 bits per heavy atom. The molecule has 2 aromatic heterocycles. The molecule has 2 N–H and O–H groups in total. The molecule has 2 rings (SSSR count). The van der Waals surface area contributed by atoms with Crippen molar-refractivity contribution in [1.29, 1.82) is 0 Å². The number of H-pyrrole nitrogens is 1. The average molecular weight is 334 g/mol. The molecule has 0 aromatic carbocycles. The topological polar surface area (TPSA) is 101 Å². The van der Waals surface area contributed by atoms with Crippen LogP contribution in [0.15, 0.2) is 26.6 Å². The van der Waals surface area contributed by atoms with Gasteiger partial charge in [-0.2, -0.15) is 13.2 Å². The van der Waals surface area contributed by atoms with E-state index in [0.29, 0.717) is 23.6 Å². The Bertz CT molecular complexity index is 741. The minimum Gasteiger partial charge on any atom is -0.360 e. The highest BCUT2D eigenvalue weighted by Crippen LogP contribution is 2.27. The molecule has 7 nitrogen and oxygen atoms in total. The van der Waals surface area contributed by atoms with Crippen molar-refractivity contribution in [2.24, 2.45) is 0 Å². The van der Waals surface area contributed by atoms with E-state index in [0.717, 1.165) is 0 Å². The quantitative estimate of drug-likeness (QED) is 0.653. The molecule has 1 amide bonds. The van der Waals surface area contributed by atoms with Gasteiger partial charge in [0, 0.05) is 12.1 Å². The summed E-state index contributed by atoms with van der Waals surface area (Å²) in [6.07, 6.45) is -4.73. The van der Waals surface area contributed by atoms with Crippen LogP contribution in [0.4, 0.5) is 19.0 Å². The Hall–Kier alpha value is -2.30. The first-order valence-corrected chi connectivity index (χ1v) is 6.77. The van der Waals surface area contributed by atoms with E-state index in [4.69, 9.17) is 4.52 Å². The van der Waals surface area contributed by atoms with E-state index in [1.807, 2.05) is 0 Å². The number of halogens is 3. The Labute approximate surface area is 125 Å². The van der Waals surface area contributed by atoms with E-state index in [2.05, 4.69) is 20.4 Å². The summed E-state index contributed by atoms with van der Waals surface area (Å²) in [4.78, 5) is 28.2. The predicted molar refractivity (Wildman–Crippen MR) is 70.5 cm³/mol. The summed E-state index contributed by atoms with van der Waals surface area (Å²) >= 11 is 0.662. The van der Waals surface area contributed by atoms with E-state index in [1.54, 1.807) is 6.92 Å². The number of nitrogens with zero attached hydrogens (tertiary/aromatic N) is 2. The maximum absolute atomic E-state index is 12.5. The van der Waals surface area contributed by atoms with Crippen molar-refractivity contribution >= 4 is 23.5 Å². The van der Waals surface area contributed by atoms with Crippen LogP contribution in [0.5, 0.6) is 0 Å². The number of aromatic amines is 1. The molecule has 0 aliphatic heterocycles. The molecule has 0 bridgehead atoms. The number of hydrogen-bond acceptors (Lipinski definition) is 6. The highest BCUT2D eigenvalue weighted by atomic mass is 32.2. The van der Waals surface area contributed by atoms with Gasteiger partial charge in [-0.15, -0.1) is 0 Å². The van der Waals surface area contributed by atoms with Crippen LogP contribution in [-0.4, -0.2) is 26.8 Å². The summed E-state index contributed by atoms with van der Waals surface area (Å²) < 4.78 is 42.3. The van der Waals surface area contributed by atoms with Crippen molar-refractivity contribution in [2.45, 2.75) is 18.3 Å². The summed E-state index contributed by atoms with van der Waals surface area (Å²) in [5.74, 6) is -0.102. The summed E-state index contributed by atoms with van der Waals surface area (Å²) in [7, 11) is 0. The van der Waals surface area contributed by atoms with Crippen molar-refractivity contribution in [3.05, 3.63) is 33.9 Å². The fraction of sp³-hybridized carbons (Fsp3) is 0.273. The van der Waals surface area contributed by atoms with Gasteiger partial charge in [0.05, 0.1) is 5.75 Å². The molecule has 0 spiro atoms. The number of aryl methyl sites for hydroxylation is 1. The van der Waals surface area contributed by atoms with Crippen molar-refractivity contribution in [3.63, 3.8) is 0 Å². The number of aromatic nitrogens is 3. The SMILES string of the molecule is Cc1cc(NC(=O)CSc2nc(C(F)(F)F)cc(=O)[nH]2)no1. The van der Waals surface area contributed by atoms with E-state index in [1.165, 1.54) is 6.07 Å². The second-order valence-corrected chi connectivity index (χ2v) is 5.06. The van der Waals surface area contributed by atoms with Gasteiger partial charge in [-0.05, 0) is 6.92 Å². The fourth-order valence-corrected chi connectivity index (χ4v) is 2.06. The van der Waals surface area contributed by atoms with Gasteiger partial charge in [0.15, 0.2) is 16.7 Å². The van der Waals surface area contributed by atoms with Gasteiger partial charge < -0.3 is 14.8 Å². The van der Waals surface area contributed by atoms with Gasteiger partial charge >= 0.3 is 6.18 Å². The summed E-state index contributed by atoms with van der Waals surface area (Å²) in [5.41, 5.74) is -2.26. The standard InChI is InChI=1S/C11H9F3N4O3S/c1-5-2-7(18-21-5)16-9(20)4-22-10-15-6(11(12,13)14)3-8(19)17-10/h2-3H,4H2,1H3,(H,15,17,19)(H,16,18,20). The van der Waals surface area contributed by atoms with E-state index >= 15 is 0 Å². The molecule has 0 atom stereocenters. The van der Waals surface area contributed by atoms with Crippen molar-refractivity contribution in [3.8, 4) is 0 Å². The lowest BCUT2D eigenvalue weighted by Gasteiger charge is -2.06. The van der Waals surface area contributed by atoms with Crippen molar-refractivity contribution < 1.29 is 22.5 Å². The zero-order valence-electron chi connectivity index (χ0n) is 11.0. The molecule has 0 unspecified atom stereocenters. The number of hydrogen-bond donors (Lipinski definition) is 2. The first kappa shape index (κ1) is 16.1. The van der Waals surface area contributed by atoms with Crippen LogP contribution in [0.1, 0.15) is 11.5 Å². The predicted octanol–water partition coefficient (Wildman–Crippen LogP) is 1.82. The summed E-state index contributed by atoms with van der Waals surface area (Å²) in [6.45, 7) is 1.63. The van der Waals surface area contributed by atoms with Gasteiger partial charge in [0.2, 0.25) is 5.91 Å². The van der Waals surface area contributed by atoms with Crippen LogP contribution in [0.3, 0.4) is 0 Å². The fourth-order valence-electron chi connectivity index (χ4n) is 1.39. The van der Waals surface area contributed by atoms with Crippen LogP contribution < -0.4 is 10.9 Å². The number of carbonyl (C=O) groups excluding carboxylic acids is 1. The van der Waals surface area contributed by atoms with E-state index in [9.17, 15) is 22.8 Å². The van der Waals surface area contributed by atoms with Gasteiger partial charge in [-0.3, -0.25) is 9.59 Å². The number of carbonyl (C=O) groups is 1. The highest BCUT2D eigenvalue weighted by molar-refractivity contribution is 7.99. The molecule has 0 fully saturated rings. The number of nitrogens with one attached hydrogen (secondary N) is 2. The molecule has 11 heteroatoms. The molecular formula is C11H9F3N4O3S. The normalized spacial score (nSPS) is 11.5. The number of rotatable bonds is 4. The minimum absolute atomic E-state index is 0.189. The lowest BCUT2D eigenvalue weighted by atomic mass is 10.4. The smallest absolute Gasteiger partial charge is 0.360 e. The first-order chi connectivity index (χ1) is 10.2. The number of anilines is 1. The highest BCUT2D eigenvalue weighted by Gasteiger charge is 2.33. The first-order valence-electron chi connectivity index (χ1n) is 5.78. The maximum atomic E-state index is 12.5.